The fraction of sp³-hybridized carbons (Fsp3) is 0.650. The predicted molar refractivity (Wildman–Crippen MR) is 112 cm³/mol. The van der Waals surface area contributed by atoms with E-state index in [-0.39, 0.29) is 17.3 Å². The van der Waals surface area contributed by atoms with E-state index < -0.39 is 0 Å². The number of hydrogen-bond acceptors (Lipinski definition) is 5. The van der Waals surface area contributed by atoms with Crippen LogP contribution in [0.4, 0.5) is 5.69 Å². The van der Waals surface area contributed by atoms with E-state index in [1.54, 1.807) is 13.2 Å². The van der Waals surface area contributed by atoms with Crippen molar-refractivity contribution >= 4 is 16.7 Å². The number of nitrogens with one attached hydrogen (secondary N) is 1. The fourth-order valence-electron chi connectivity index (χ4n) is 3.48. The lowest BCUT2D eigenvalue weighted by Crippen LogP contribution is -2.38. The number of pyridine rings is 1. The van der Waals surface area contributed by atoms with Crippen LogP contribution in [-0.2, 0) is 20.5 Å². The fourth-order valence-corrected chi connectivity index (χ4v) is 3.48. The molecule has 0 saturated carbocycles. The third-order valence-electron chi connectivity index (χ3n) is 5.33. The highest BCUT2D eigenvalue weighted by Crippen LogP contribution is 2.24. The molecule has 150 valence electrons. The van der Waals surface area contributed by atoms with E-state index in [1.165, 1.54) is 11.6 Å². The molecule has 1 N–H and O–H groups in total. The molecule has 0 aliphatic heterocycles. The first-order valence-electron chi connectivity index (χ1n) is 9.92. The Morgan fingerprint density at radius 1 is 1.15 bits per heavy atom. The van der Waals surface area contributed by atoms with Crippen LogP contribution < -0.4 is 16.6 Å². The third-order valence-corrected chi connectivity index (χ3v) is 5.33. The van der Waals surface area contributed by atoms with Crippen molar-refractivity contribution in [3.63, 3.8) is 0 Å². The van der Waals surface area contributed by atoms with E-state index in [0.717, 1.165) is 54.7 Å². The first-order valence-corrected chi connectivity index (χ1v) is 9.92. The van der Waals surface area contributed by atoms with Crippen LogP contribution in [0.15, 0.2) is 15.8 Å². The standard InChI is InChI=1S/C20H33N5O2/c1-7-15-13-21-18-16(19(26)24(6)20(27)23(18)5)17(15)22-14(4)11-10-12-25(8-2)9-3/h13-14H,7-12H2,1-6H3,(H,21,22). The van der Waals surface area contributed by atoms with E-state index in [1.807, 2.05) is 6.92 Å². The van der Waals surface area contributed by atoms with Crippen molar-refractivity contribution in [1.82, 2.24) is 19.0 Å². The first-order chi connectivity index (χ1) is 12.8. The van der Waals surface area contributed by atoms with Gasteiger partial charge < -0.3 is 10.2 Å². The average molecular weight is 376 g/mol. The van der Waals surface area contributed by atoms with Crippen molar-refractivity contribution < 1.29 is 0 Å². The lowest BCUT2D eigenvalue weighted by Gasteiger charge is -2.22. The molecular formula is C20H33N5O2. The van der Waals surface area contributed by atoms with Crippen LogP contribution in [0.5, 0.6) is 0 Å². The van der Waals surface area contributed by atoms with Gasteiger partial charge in [-0.05, 0) is 51.4 Å². The van der Waals surface area contributed by atoms with Gasteiger partial charge in [0.25, 0.3) is 5.56 Å². The molecule has 0 spiro atoms. The van der Waals surface area contributed by atoms with Crippen LogP contribution >= 0.6 is 0 Å². The molecule has 1 unspecified atom stereocenters. The van der Waals surface area contributed by atoms with Gasteiger partial charge in [-0.15, -0.1) is 0 Å². The maximum Gasteiger partial charge on any atom is 0.332 e. The van der Waals surface area contributed by atoms with Crippen molar-refractivity contribution in [3.05, 3.63) is 32.6 Å². The Hall–Kier alpha value is -2.15. The van der Waals surface area contributed by atoms with Gasteiger partial charge in [0.05, 0.1) is 5.69 Å². The quantitative estimate of drug-likeness (QED) is 0.727. The molecule has 27 heavy (non-hydrogen) atoms. The zero-order valence-corrected chi connectivity index (χ0v) is 17.5. The van der Waals surface area contributed by atoms with Crippen LogP contribution in [0.3, 0.4) is 0 Å². The Morgan fingerprint density at radius 3 is 2.41 bits per heavy atom. The SMILES string of the molecule is CCc1cnc2c(c1NC(C)CCCN(CC)CC)c(=O)n(C)c(=O)n2C. The second kappa shape index (κ2) is 9.17. The van der Waals surface area contributed by atoms with E-state index in [0.29, 0.717) is 11.0 Å². The molecule has 2 aromatic rings. The largest absolute Gasteiger partial charge is 0.382 e. The van der Waals surface area contributed by atoms with Crippen LogP contribution in [0.2, 0.25) is 0 Å². The summed E-state index contributed by atoms with van der Waals surface area (Å²) in [4.78, 5) is 31.8. The van der Waals surface area contributed by atoms with Crippen molar-refractivity contribution in [3.8, 4) is 0 Å². The average Bonchev–Trinajstić information content (AvgIpc) is 2.67. The van der Waals surface area contributed by atoms with E-state index >= 15 is 0 Å². The molecule has 0 fully saturated rings. The number of aryl methyl sites for hydroxylation is 2. The molecule has 0 aliphatic carbocycles. The number of rotatable bonds is 9. The molecule has 7 nitrogen and oxygen atoms in total. The minimum Gasteiger partial charge on any atom is -0.382 e. The van der Waals surface area contributed by atoms with Gasteiger partial charge in [-0.1, -0.05) is 20.8 Å². The minimum atomic E-state index is -0.359. The highest BCUT2D eigenvalue weighted by Gasteiger charge is 2.18. The molecule has 7 heteroatoms. The van der Waals surface area contributed by atoms with Crippen molar-refractivity contribution in [1.29, 1.82) is 0 Å². The van der Waals surface area contributed by atoms with Crippen molar-refractivity contribution in [2.45, 2.75) is 53.0 Å². The summed E-state index contributed by atoms with van der Waals surface area (Å²) in [5.74, 6) is 0. The van der Waals surface area contributed by atoms with Crippen molar-refractivity contribution in [2.24, 2.45) is 14.1 Å². The molecule has 1 atom stereocenters. The van der Waals surface area contributed by atoms with Crippen LogP contribution in [0, 0.1) is 0 Å². The smallest absolute Gasteiger partial charge is 0.332 e. The Balaban J connectivity index is 2.36. The van der Waals surface area contributed by atoms with Gasteiger partial charge in [-0.2, -0.15) is 0 Å². The molecule has 2 heterocycles. The molecule has 0 aliphatic rings. The van der Waals surface area contributed by atoms with Gasteiger partial charge in [0.2, 0.25) is 0 Å². The summed E-state index contributed by atoms with van der Waals surface area (Å²) in [7, 11) is 3.17. The monoisotopic (exact) mass is 375 g/mol. The number of aromatic nitrogens is 3. The molecule has 0 saturated heterocycles. The molecule has 2 aromatic heterocycles. The molecular weight excluding hydrogens is 342 g/mol. The lowest BCUT2D eigenvalue weighted by atomic mass is 10.1. The molecule has 0 amide bonds. The molecule has 2 rings (SSSR count). The summed E-state index contributed by atoms with van der Waals surface area (Å²) < 4.78 is 2.59. The second-order valence-corrected chi connectivity index (χ2v) is 7.13. The number of anilines is 1. The van der Waals surface area contributed by atoms with E-state index in [2.05, 4.69) is 36.0 Å². The molecule has 0 aromatic carbocycles. The Labute approximate surface area is 161 Å². The predicted octanol–water partition coefficient (Wildman–Crippen LogP) is 2.12. The van der Waals surface area contributed by atoms with E-state index in [4.69, 9.17) is 0 Å². The second-order valence-electron chi connectivity index (χ2n) is 7.13. The van der Waals surface area contributed by atoms with Gasteiger partial charge in [-0.25, -0.2) is 9.78 Å². The summed E-state index contributed by atoms with van der Waals surface area (Å²) in [5.41, 5.74) is 1.58. The van der Waals surface area contributed by atoms with Crippen molar-refractivity contribution in [2.75, 3.05) is 25.0 Å². The number of nitrogens with zero attached hydrogens (tertiary/aromatic N) is 4. The number of fused-ring (bicyclic) bond motifs is 1. The maximum absolute atomic E-state index is 12.8. The highest BCUT2D eigenvalue weighted by molar-refractivity contribution is 5.90. The maximum atomic E-state index is 12.8. The molecule has 0 bridgehead atoms. The first kappa shape index (κ1) is 21.2. The summed E-state index contributed by atoms with van der Waals surface area (Å²) in [6.07, 6.45) is 4.64. The van der Waals surface area contributed by atoms with Crippen LogP contribution in [-0.4, -0.2) is 44.7 Å². The Bertz CT molecular complexity index is 896. The van der Waals surface area contributed by atoms with Gasteiger partial charge in [-0.3, -0.25) is 13.9 Å². The normalized spacial score (nSPS) is 12.7. The Kier molecular flexibility index (Phi) is 7.18. The van der Waals surface area contributed by atoms with Gasteiger partial charge in [0.15, 0.2) is 5.65 Å². The zero-order chi connectivity index (χ0) is 20.1. The molecule has 0 radical (unpaired) electrons. The highest BCUT2D eigenvalue weighted by atomic mass is 16.2. The number of hydrogen-bond donors (Lipinski definition) is 1. The summed E-state index contributed by atoms with van der Waals surface area (Å²) in [6, 6.07) is 0.221. The summed E-state index contributed by atoms with van der Waals surface area (Å²) in [6.45, 7) is 11.8. The lowest BCUT2D eigenvalue weighted by molar-refractivity contribution is 0.295. The topological polar surface area (TPSA) is 72.2 Å². The van der Waals surface area contributed by atoms with Gasteiger partial charge in [0.1, 0.15) is 5.39 Å². The summed E-state index contributed by atoms with van der Waals surface area (Å²) >= 11 is 0. The minimum absolute atomic E-state index is 0.221. The van der Waals surface area contributed by atoms with E-state index in [9.17, 15) is 9.59 Å². The van der Waals surface area contributed by atoms with Gasteiger partial charge >= 0.3 is 5.69 Å². The third kappa shape index (κ3) is 4.40. The Morgan fingerprint density at radius 2 is 1.81 bits per heavy atom. The van der Waals surface area contributed by atoms with Crippen LogP contribution in [0.25, 0.3) is 11.0 Å². The van der Waals surface area contributed by atoms with Gasteiger partial charge in [0, 0.05) is 26.3 Å². The zero-order valence-electron chi connectivity index (χ0n) is 17.5. The van der Waals surface area contributed by atoms with Crippen LogP contribution in [0.1, 0.15) is 46.1 Å². The summed E-state index contributed by atoms with van der Waals surface area (Å²) in [5, 5.41) is 4.04.